The van der Waals surface area contributed by atoms with Gasteiger partial charge in [0.2, 0.25) is 0 Å². The van der Waals surface area contributed by atoms with Gasteiger partial charge in [0, 0.05) is 18.5 Å². The van der Waals surface area contributed by atoms with Gasteiger partial charge in [0.1, 0.15) is 11.6 Å². The summed E-state index contributed by atoms with van der Waals surface area (Å²) >= 11 is 0. The minimum Gasteiger partial charge on any atom is -0.496 e. The number of piperidine rings is 1. The minimum atomic E-state index is -0.355. The SMILES string of the molecule is COc1ccccc1C(=O)N1CCC(C)(/C(N)=N/O)CC1. The molecule has 0 unspecified atom stereocenters. The lowest BCUT2D eigenvalue weighted by atomic mass is 9.79. The molecule has 6 nitrogen and oxygen atoms in total. The van der Waals surface area contributed by atoms with Crippen molar-refractivity contribution >= 4 is 11.7 Å². The summed E-state index contributed by atoms with van der Waals surface area (Å²) in [5.41, 5.74) is 5.94. The van der Waals surface area contributed by atoms with E-state index < -0.39 is 0 Å². The number of rotatable bonds is 3. The Morgan fingerprint density at radius 1 is 1.38 bits per heavy atom. The Balaban J connectivity index is 2.10. The quantitative estimate of drug-likeness (QED) is 0.384. The molecule has 0 aliphatic carbocycles. The highest BCUT2D eigenvalue weighted by Gasteiger charge is 2.36. The van der Waals surface area contributed by atoms with Crippen molar-refractivity contribution in [2.45, 2.75) is 19.8 Å². The van der Waals surface area contributed by atoms with E-state index in [1.807, 2.05) is 19.1 Å². The van der Waals surface area contributed by atoms with Gasteiger partial charge in [-0.3, -0.25) is 4.79 Å². The van der Waals surface area contributed by atoms with Gasteiger partial charge in [0.05, 0.1) is 12.7 Å². The smallest absolute Gasteiger partial charge is 0.257 e. The second kappa shape index (κ2) is 6.03. The van der Waals surface area contributed by atoms with Crippen molar-refractivity contribution in [3.8, 4) is 5.75 Å². The Labute approximate surface area is 124 Å². The lowest BCUT2D eigenvalue weighted by Crippen LogP contribution is -2.47. The first kappa shape index (κ1) is 15.2. The van der Waals surface area contributed by atoms with Crippen LogP contribution < -0.4 is 10.5 Å². The molecule has 114 valence electrons. The highest BCUT2D eigenvalue weighted by Crippen LogP contribution is 2.32. The first-order chi connectivity index (χ1) is 10.0. The van der Waals surface area contributed by atoms with Gasteiger partial charge < -0.3 is 20.6 Å². The van der Waals surface area contributed by atoms with Gasteiger partial charge in [-0.1, -0.05) is 24.2 Å². The fourth-order valence-electron chi connectivity index (χ4n) is 2.57. The summed E-state index contributed by atoms with van der Waals surface area (Å²) in [6.45, 7) is 3.10. The third-order valence-electron chi connectivity index (χ3n) is 4.22. The highest BCUT2D eigenvalue weighted by atomic mass is 16.5. The lowest BCUT2D eigenvalue weighted by molar-refractivity contribution is 0.0663. The predicted octanol–water partition coefficient (Wildman–Crippen LogP) is 1.68. The molecule has 3 N–H and O–H groups in total. The van der Waals surface area contributed by atoms with Crippen LogP contribution in [-0.4, -0.2) is 42.0 Å². The number of ether oxygens (including phenoxy) is 1. The zero-order valence-electron chi connectivity index (χ0n) is 12.4. The van der Waals surface area contributed by atoms with Gasteiger partial charge in [-0.2, -0.15) is 0 Å². The number of hydrogen-bond donors (Lipinski definition) is 2. The number of hydrogen-bond acceptors (Lipinski definition) is 4. The first-order valence-electron chi connectivity index (χ1n) is 6.92. The maximum absolute atomic E-state index is 12.6. The summed E-state index contributed by atoms with van der Waals surface area (Å²) in [4.78, 5) is 14.3. The third kappa shape index (κ3) is 2.94. The average Bonchev–Trinajstić information content (AvgIpc) is 2.54. The van der Waals surface area contributed by atoms with Crippen LogP contribution in [0.15, 0.2) is 29.4 Å². The van der Waals surface area contributed by atoms with Crippen molar-refractivity contribution < 1.29 is 14.7 Å². The van der Waals surface area contributed by atoms with E-state index in [2.05, 4.69) is 5.16 Å². The van der Waals surface area contributed by atoms with Gasteiger partial charge in [0.15, 0.2) is 0 Å². The van der Waals surface area contributed by atoms with E-state index in [9.17, 15) is 4.79 Å². The molecule has 0 spiro atoms. The predicted molar refractivity (Wildman–Crippen MR) is 79.6 cm³/mol. The van der Waals surface area contributed by atoms with E-state index in [-0.39, 0.29) is 17.2 Å². The van der Waals surface area contributed by atoms with Gasteiger partial charge in [0.25, 0.3) is 5.91 Å². The molecule has 1 aliphatic rings. The zero-order valence-corrected chi connectivity index (χ0v) is 12.4. The maximum Gasteiger partial charge on any atom is 0.257 e. The monoisotopic (exact) mass is 291 g/mol. The number of oxime groups is 1. The molecule has 1 heterocycles. The third-order valence-corrected chi connectivity index (χ3v) is 4.22. The van der Waals surface area contributed by atoms with Gasteiger partial charge in [-0.05, 0) is 25.0 Å². The molecule has 2 rings (SSSR count). The van der Waals surface area contributed by atoms with E-state index in [1.54, 1.807) is 24.1 Å². The van der Waals surface area contributed by atoms with Crippen molar-refractivity contribution in [1.29, 1.82) is 0 Å². The van der Waals surface area contributed by atoms with Crippen molar-refractivity contribution in [2.75, 3.05) is 20.2 Å². The molecule has 1 aromatic carbocycles. The second-order valence-corrected chi connectivity index (χ2v) is 5.54. The van der Waals surface area contributed by atoms with E-state index >= 15 is 0 Å². The molecule has 1 aliphatic heterocycles. The Bertz CT molecular complexity index is 549. The van der Waals surface area contributed by atoms with Crippen LogP contribution in [0.3, 0.4) is 0 Å². The van der Waals surface area contributed by atoms with Crippen LogP contribution in [0.2, 0.25) is 0 Å². The number of carbonyl (C=O) groups excluding carboxylic acids is 1. The van der Waals surface area contributed by atoms with Crippen molar-refractivity contribution in [3.63, 3.8) is 0 Å². The van der Waals surface area contributed by atoms with Crippen LogP contribution >= 0.6 is 0 Å². The highest BCUT2D eigenvalue weighted by molar-refractivity contribution is 5.97. The van der Waals surface area contributed by atoms with Crippen LogP contribution in [0.1, 0.15) is 30.1 Å². The maximum atomic E-state index is 12.6. The number of nitrogens with zero attached hydrogens (tertiary/aromatic N) is 2. The summed E-state index contributed by atoms with van der Waals surface area (Å²) in [5.74, 6) is 0.758. The molecule has 6 heteroatoms. The number of para-hydroxylation sites is 1. The van der Waals surface area contributed by atoms with Crippen LogP contribution in [-0.2, 0) is 0 Å². The lowest BCUT2D eigenvalue weighted by Gasteiger charge is -2.38. The standard InChI is InChI=1S/C15H21N3O3/c1-15(14(16)17-20)7-9-18(10-8-15)13(19)11-5-3-4-6-12(11)21-2/h3-6,20H,7-10H2,1-2H3,(H2,16,17). The topological polar surface area (TPSA) is 88.2 Å². The average molecular weight is 291 g/mol. The number of nitrogens with two attached hydrogens (primary N) is 1. The van der Waals surface area contributed by atoms with Gasteiger partial charge >= 0.3 is 0 Å². The Hall–Kier alpha value is -2.24. The molecule has 0 saturated carbocycles. The minimum absolute atomic E-state index is 0.0472. The van der Waals surface area contributed by atoms with E-state index in [1.165, 1.54) is 0 Å². The van der Waals surface area contributed by atoms with Crippen molar-refractivity contribution in [3.05, 3.63) is 29.8 Å². The normalized spacial score (nSPS) is 18.4. The molecule has 1 saturated heterocycles. The Kier molecular flexibility index (Phi) is 4.35. The molecule has 21 heavy (non-hydrogen) atoms. The van der Waals surface area contributed by atoms with E-state index in [4.69, 9.17) is 15.7 Å². The molecule has 0 radical (unpaired) electrons. The van der Waals surface area contributed by atoms with Crippen molar-refractivity contribution in [1.82, 2.24) is 4.90 Å². The molecule has 0 aromatic heterocycles. The van der Waals surface area contributed by atoms with E-state index in [0.29, 0.717) is 37.2 Å². The number of carbonyl (C=O) groups is 1. The number of benzene rings is 1. The number of amidine groups is 1. The zero-order chi connectivity index (χ0) is 15.5. The molecule has 0 bridgehead atoms. The summed E-state index contributed by atoms with van der Waals surface area (Å²) < 4.78 is 5.23. The number of methoxy groups -OCH3 is 1. The Morgan fingerprint density at radius 3 is 2.57 bits per heavy atom. The van der Waals surface area contributed by atoms with Crippen molar-refractivity contribution in [2.24, 2.45) is 16.3 Å². The van der Waals surface area contributed by atoms with Crippen LogP contribution in [0, 0.1) is 5.41 Å². The number of likely N-dealkylation sites (tertiary alicyclic amines) is 1. The first-order valence-corrected chi connectivity index (χ1v) is 6.92. The summed E-state index contributed by atoms with van der Waals surface area (Å²) in [6.07, 6.45) is 1.34. The number of amides is 1. The van der Waals surface area contributed by atoms with Crippen LogP contribution in [0.5, 0.6) is 5.75 Å². The van der Waals surface area contributed by atoms with E-state index in [0.717, 1.165) is 0 Å². The fourth-order valence-corrected chi connectivity index (χ4v) is 2.57. The largest absolute Gasteiger partial charge is 0.496 e. The summed E-state index contributed by atoms with van der Waals surface area (Å²) in [7, 11) is 1.55. The van der Waals surface area contributed by atoms with Gasteiger partial charge in [-0.25, -0.2) is 0 Å². The molecule has 1 aromatic rings. The molecule has 1 fully saturated rings. The fraction of sp³-hybridized carbons (Fsp3) is 0.467. The van der Waals surface area contributed by atoms with Gasteiger partial charge in [-0.15, -0.1) is 0 Å². The van der Waals surface area contributed by atoms with Crippen LogP contribution in [0.4, 0.5) is 0 Å². The molecule has 0 atom stereocenters. The molecular formula is C15H21N3O3. The Morgan fingerprint density at radius 2 is 2.00 bits per heavy atom. The summed E-state index contributed by atoms with van der Waals surface area (Å²) in [6, 6.07) is 7.19. The second-order valence-electron chi connectivity index (χ2n) is 5.54. The molecular weight excluding hydrogens is 270 g/mol. The summed E-state index contributed by atoms with van der Waals surface area (Å²) in [5, 5.41) is 11.9. The van der Waals surface area contributed by atoms with Crippen LogP contribution in [0.25, 0.3) is 0 Å². The molecule has 1 amide bonds.